The summed E-state index contributed by atoms with van der Waals surface area (Å²) in [6, 6.07) is 19.5. The average molecular weight is 427 g/mol. The van der Waals surface area contributed by atoms with Crippen LogP contribution in [0.1, 0.15) is 10.4 Å². The van der Waals surface area contributed by atoms with E-state index in [9.17, 15) is 4.79 Å². The number of amides is 1. The molecule has 0 aliphatic carbocycles. The van der Waals surface area contributed by atoms with Crippen molar-refractivity contribution < 1.29 is 14.3 Å². The summed E-state index contributed by atoms with van der Waals surface area (Å²) in [5.74, 6) is 1.64. The molecule has 2 aromatic carbocycles. The first-order valence-electron chi connectivity index (χ1n) is 9.86. The van der Waals surface area contributed by atoms with Crippen LogP contribution in [0.3, 0.4) is 0 Å². The number of carbonyl (C=O) groups excluding carboxylic acids is 1. The molecule has 1 amide bonds. The SMILES string of the molecule is CNc1nccc(-c2cccnc2Oc2cccc(C(=O)Nc3ccccc3OC)c2)n1. The van der Waals surface area contributed by atoms with E-state index in [-0.39, 0.29) is 5.91 Å². The van der Waals surface area contributed by atoms with Gasteiger partial charge in [-0.2, -0.15) is 0 Å². The van der Waals surface area contributed by atoms with Crippen LogP contribution in [0.15, 0.2) is 79.1 Å². The molecule has 0 aliphatic heterocycles. The number of carbonyl (C=O) groups is 1. The van der Waals surface area contributed by atoms with Crippen molar-refractivity contribution >= 4 is 17.5 Å². The smallest absolute Gasteiger partial charge is 0.255 e. The van der Waals surface area contributed by atoms with Gasteiger partial charge in [-0.05, 0) is 48.5 Å². The quantitative estimate of drug-likeness (QED) is 0.444. The van der Waals surface area contributed by atoms with Crippen molar-refractivity contribution in [2.45, 2.75) is 0 Å². The molecule has 4 aromatic rings. The molecule has 32 heavy (non-hydrogen) atoms. The number of hydrogen-bond acceptors (Lipinski definition) is 7. The number of nitrogens with one attached hydrogen (secondary N) is 2. The number of pyridine rings is 1. The van der Waals surface area contributed by atoms with Crippen LogP contribution in [0.4, 0.5) is 11.6 Å². The predicted octanol–water partition coefficient (Wildman–Crippen LogP) is 4.63. The molecule has 0 unspecified atom stereocenters. The number of anilines is 2. The molecule has 0 bridgehead atoms. The topological polar surface area (TPSA) is 98.3 Å². The summed E-state index contributed by atoms with van der Waals surface area (Å²) < 4.78 is 11.3. The van der Waals surface area contributed by atoms with Crippen LogP contribution >= 0.6 is 0 Å². The lowest BCUT2D eigenvalue weighted by Crippen LogP contribution is -2.12. The lowest BCUT2D eigenvalue weighted by molar-refractivity contribution is 0.102. The number of hydrogen-bond donors (Lipinski definition) is 2. The second-order valence-corrected chi connectivity index (χ2v) is 6.66. The fraction of sp³-hybridized carbons (Fsp3) is 0.0833. The Morgan fingerprint density at radius 1 is 0.938 bits per heavy atom. The zero-order valence-electron chi connectivity index (χ0n) is 17.6. The highest BCUT2D eigenvalue weighted by Crippen LogP contribution is 2.31. The summed E-state index contributed by atoms with van der Waals surface area (Å²) in [6.07, 6.45) is 3.30. The molecule has 2 N–H and O–H groups in total. The van der Waals surface area contributed by atoms with Crippen molar-refractivity contribution in [2.75, 3.05) is 24.8 Å². The number of benzene rings is 2. The first-order chi connectivity index (χ1) is 15.7. The van der Waals surface area contributed by atoms with E-state index in [1.807, 2.05) is 18.2 Å². The highest BCUT2D eigenvalue weighted by molar-refractivity contribution is 6.05. The molecule has 0 fully saturated rings. The van der Waals surface area contributed by atoms with Crippen molar-refractivity contribution in [3.63, 3.8) is 0 Å². The third kappa shape index (κ3) is 4.65. The summed E-state index contributed by atoms with van der Waals surface area (Å²) in [4.78, 5) is 25.7. The molecule has 8 nitrogen and oxygen atoms in total. The molecule has 160 valence electrons. The molecule has 2 aromatic heterocycles. The minimum Gasteiger partial charge on any atom is -0.495 e. The van der Waals surface area contributed by atoms with Crippen molar-refractivity contribution in [3.8, 4) is 28.6 Å². The van der Waals surface area contributed by atoms with Crippen LogP contribution in [-0.4, -0.2) is 35.0 Å². The Hall–Kier alpha value is -4.46. The van der Waals surface area contributed by atoms with Gasteiger partial charge in [0.05, 0.1) is 24.1 Å². The lowest BCUT2D eigenvalue weighted by atomic mass is 10.2. The van der Waals surface area contributed by atoms with Crippen molar-refractivity contribution in [1.29, 1.82) is 0 Å². The Kier molecular flexibility index (Phi) is 6.22. The number of nitrogens with zero attached hydrogens (tertiary/aromatic N) is 3. The number of ether oxygens (including phenoxy) is 2. The van der Waals surface area contributed by atoms with Gasteiger partial charge in [0.15, 0.2) is 0 Å². The molecular weight excluding hydrogens is 406 g/mol. The maximum atomic E-state index is 12.8. The Labute approximate surface area is 185 Å². The van der Waals surface area contributed by atoms with E-state index in [1.54, 1.807) is 75.1 Å². The van der Waals surface area contributed by atoms with Gasteiger partial charge in [0.25, 0.3) is 5.91 Å². The van der Waals surface area contributed by atoms with Gasteiger partial charge < -0.3 is 20.1 Å². The van der Waals surface area contributed by atoms with Crippen LogP contribution in [0.25, 0.3) is 11.3 Å². The molecule has 0 spiro atoms. The third-order valence-electron chi connectivity index (χ3n) is 4.59. The van der Waals surface area contributed by atoms with Gasteiger partial charge in [0.1, 0.15) is 11.5 Å². The van der Waals surface area contributed by atoms with Crippen LogP contribution in [-0.2, 0) is 0 Å². The zero-order valence-corrected chi connectivity index (χ0v) is 17.6. The van der Waals surface area contributed by atoms with E-state index in [0.717, 1.165) is 0 Å². The molecule has 0 aliphatic rings. The van der Waals surface area contributed by atoms with Gasteiger partial charge in [0, 0.05) is 25.0 Å². The molecule has 8 heteroatoms. The molecule has 2 heterocycles. The minimum atomic E-state index is -0.282. The van der Waals surface area contributed by atoms with Crippen molar-refractivity contribution in [3.05, 3.63) is 84.7 Å². The normalized spacial score (nSPS) is 10.3. The fourth-order valence-electron chi connectivity index (χ4n) is 3.05. The first kappa shape index (κ1) is 20.8. The molecule has 4 rings (SSSR count). The number of methoxy groups -OCH3 is 1. The van der Waals surface area contributed by atoms with Gasteiger partial charge in [-0.3, -0.25) is 4.79 Å². The Balaban J connectivity index is 1.58. The second kappa shape index (κ2) is 9.57. The maximum Gasteiger partial charge on any atom is 0.255 e. The predicted molar refractivity (Wildman–Crippen MR) is 122 cm³/mol. The van der Waals surface area contributed by atoms with Crippen LogP contribution in [0.5, 0.6) is 17.4 Å². The zero-order chi connectivity index (χ0) is 22.3. The highest BCUT2D eigenvalue weighted by Gasteiger charge is 2.13. The summed E-state index contributed by atoms with van der Waals surface area (Å²) in [5.41, 5.74) is 2.39. The second-order valence-electron chi connectivity index (χ2n) is 6.66. The van der Waals surface area contributed by atoms with E-state index in [1.165, 1.54) is 0 Å². The van der Waals surface area contributed by atoms with Crippen LogP contribution < -0.4 is 20.1 Å². The maximum absolute atomic E-state index is 12.8. The van der Waals surface area contributed by atoms with Crippen LogP contribution in [0, 0.1) is 0 Å². The highest BCUT2D eigenvalue weighted by atomic mass is 16.5. The third-order valence-corrected chi connectivity index (χ3v) is 4.59. The van der Waals surface area contributed by atoms with Gasteiger partial charge in [-0.15, -0.1) is 0 Å². The van der Waals surface area contributed by atoms with Gasteiger partial charge in [-0.25, -0.2) is 15.0 Å². The van der Waals surface area contributed by atoms with Crippen molar-refractivity contribution in [2.24, 2.45) is 0 Å². The standard InChI is InChI=1S/C24H21N5O3/c1-25-24-27-14-12-19(29-24)18-9-6-13-26-23(18)32-17-8-5-7-16(15-17)22(30)28-20-10-3-4-11-21(20)31-2/h3-15H,1-2H3,(H,28,30)(H,25,27,29). The van der Waals surface area contributed by atoms with Crippen molar-refractivity contribution in [1.82, 2.24) is 15.0 Å². The molecule has 0 saturated heterocycles. The van der Waals surface area contributed by atoms with Crippen LogP contribution in [0.2, 0.25) is 0 Å². The Morgan fingerprint density at radius 2 is 1.81 bits per heavy atom. The van der Waals surface area contributed by atoms with Gasteiger partial charge >= 0.3 is 0 Å². The number of aromatic nitrogens is 3. The van der Waals surface area contributed by atoms with Gasteiger partial charge in [0.2, 0.25) is 11.8 Å². The summed E-state index contributed by atoms with van der Waals surface area (Å²) >= 11 is 0. The first-order valence-corrected chi connectivity index (χ1v) is 9.86. The molecule has 0 atom stereocenters. The van der Waals surface area contributed by atoms with E-state index >= 15 is 0 Å². The van der Waals surface area contributed by atoms with E-state index in [0.29, 0.717) is 45.8 Å². The molecule has 0 saturated carbocycles. The summed E-state index contributed by atoms with van der Waals surface area (Å²) in [7, 11) is 3.31. The van der Waals surface area contributed by atoms with E-state index < -0.39 is 0 Å². The molecule has 0 radical (unpaired) electrons. The summed E-state index contributed by atoms with van der Waals surface area (Å²) in [5, 5.41) is 5.78. The summed E-state index contributed by atoms with van der Waals surface area (Å²) in [6.45, 7) is 0. The fourth-order valence-corrected chi connectivity index (χ4v) is 3.05. The van der Waals surface area contributed by atoms with E-state index in [4.69, 9.17) is 9.47 Å². The minimum absolute atomic E-state index is 0.282. The Morgan fingerprint density at radius 3 is 2.66 bits per heavy atom. The average Bonchev–Trinajstić information content (AvgIpc) is 2.85. The largest absolute Gasteiger partial charge is 0.495 e. The molecular formula is C24H21N5O3. The van der Waals surface area contributed by atoms with Gasteiger partial charge in [-0.1, -0.05) is 18.2 Å². The number of para-hydroxylation sites is 2. The van der Waals surface area contributed by atoms with E-state index in [2.05, 4.69) is 25.6 Å². The lowest BCUT2D eigenvalue weighted by Gasteiger charge is -2.12. The Bertz CT molecular complexity index is 1250. The number of rotatable bonds is 7. The monoisotopic (exact) mass is 427 g/mol.